The van der Waals surface area contributed by atoms with Gasteiger partial charge in [-0.2, -0.15) is 5.06 Å². The lowest BCUT2D eigenvalue weighted by atomic mass is 9.72. The highest BCUT2D eigenvalue weighted by Gasteiger charge is 2.45. The molecule has 0 amide bonds. The van der Waals surface area contributed by atoms with E-state index in [1.165, 1.54) is 23.3 Å². The zero-order chi connectivity index (χ0) is 18.3. The molecule has 1 aliphatic rings. The van der Waals surface area contributed by atoms with E-state index in [-0.39, 0.29) is 17.0 Å². The number of hydrogen-bond acceptors (Lipinski definition) is 4. The van der Waals surface area contributed by atoms with Gasteiger partial charge in [-0.25, -0.2) is 9.59 Å². The molecule has 1 heterocycles. The second kappa shape index (κ2) is 6.18. The maximum absolute atomic E-state index is 11.5. The van der Waals surface area contributed by atoms with Gasteiger partial charge in [0.15, 0.2) is 0 Å². The van der Waals surface area contributed by atoms with E-state index >= 15 is 0 Å². The Kier molecular flexibility index (Phi) is 4.74. The number of carbonyl (C=O) groups is 2. The van der Waals surface area contributed by atoms with Crippen molar-refractivity contribution >= 4 is 11.9 Å². The average Bonchev–Trinajstić information content (AvgIpc) is 2.43. The van der Waals surface area contributed by atoms with Crippen LogP contribution >= 0.6 is 0 Å². The van der Waals surface area contributed by atoms with Crippen LogP contribution in [0.1, 0.15) is 66.8 Å². The van der Waals surface area contributed by atoms with Crippen molar-refractivity contribution in [2.75, 3.05) is 0 Å². The van der Waals surface area contributed by atoms with Gasteiger partial charge in [0, 0.05) is 11.1 Å². The summed E-state index contributed by atoms with van der Waals surface area (Å²) in [6.45, 7) is 7.73. The Labute approximate surface area is 141 Å². The first kappa shape index (κ1) is 18.4. The molecule has 3 N–H and O–H groups in total. The fourth-order valence-corrected chi connectivity index (χ4v) is 4.12. The number of hydrogen-bond donors (Lipinski definition) is 3. The third kappa shape index (κ3) is 3.44. The molecule has 0 bridgehead atoms. The lowest BCUT2D eigenvalue weighted by Crippen LogP contribution is -2.59. The summed E-state index contributed by atoms with van der Waals surface area (Å²) < 4.78 is 0. The molecule has 1 aromatic carbocycles. The monoisotopic (exact) mass is 335 g/mol. The number of carboxylic acid groups (broad SMARTS) is 2. The van der Waals surface area contributed by atoms with Crippen LogP contribution in [-0.2, 0) is 6.42 Å². The predicted molar refractivity (Wildman–Crippen MR) is 88.6 cm³/mol. The molecular formula is C18H25NO5. The normalized spacial score (nSPS) is 20.7. The largest absolute Gasteiger partial charge is 0.478 e. The molecule has 0 spiro atoms. The summed E-state index contributed by atoms with van der Waals surface area (Å²) >= 11 is 0. The lowest BCUT2D eigenvalue weighted by Gasteiger charge is -2.51. The molecule has 0 saturated carbocycles. The zero-order valence-corrected chi connectivity index (χ0v) is 14.5. The second-order valence-electron chi connectivity index (χ2n) is 7.86. The van der Waals surface area contributed by atoms with E-state index in [4.69, 9.17) is 0 Å². The average molecular weight is 335 g/mol. The highest BCUT2D eigenvalue weighted by molar-refractivity contribution is 5.96. The quantitative estimate of drug-likeness (QED) is 0.781. The van der Waals surface area contributed by atoms with Gasteiger partial charge >= 0.3 is 11.9 Å². The minimum atomic E-state index is -1.12. The SMILES string of the molecule is CC1(C)CC(Cc2c(C(=O)O)cccc2C(=O)O)CC(C)(C)N1O. The topological polar surface area (TPSA) is 98.1 Å². The van der Waals surface area contributed by atoms with Crippen LogP contribution in [0.4, 0.5) is 0 Å². The summed E-state index contributed by atoms with van der Waals surface area (Å²) in [7, 11) is 0. The van der Waals surface area contributed by atoms with Crippen LogP contribution in [0.25, 0.3) is 0 Å². The van der Waals surface area contributed by atoms with E-state index in [2.05, 4.69) is 0 Å². The van der Waals surface area contributed by atoms with Crippen molar-refractivity contribution < 1.29 is 25.0 Å². The molecule has 132 valence electrons. The third-order valence-electron chi connectivity index (χ3n) is 4.85. The Morgan fingerprint density at radius 3 is 1.83 bits per heavy atom. The summed E-state index contributed by atoms with van der Waals surface area (Å²) in [5.41, 5.74) is -0.489. The summed E-state index contributed by atoms with van der Waals surface area (Å²) in [4.78, 5) is 23.0. The second-order valence-corrected chi connectivity index (χ2v) is 7.86. The number of piperidine rings is 1. The van der Waals surface area contributed by atoms with Crippen molar-refractivity contribution in [1.29, 1.82) is 0 Å². The number of benzene rings is 1. The van der Waals surface area contributed by atoms with E-state index in [9.17, 15) is 25.0 Å². The van der Waals surface area contributed by atoms with Gasteiger partial charge in [0.25, 0.3) is 0 Å². The van der Waals surface area contributed by atoms with Crippen LogP contribution in [0, 0.1) is 5.92 Å². The molecule has 0 unspecified atom stereocenters. The standard InChI is InChI=1S/C18H25NO5/c1-17(2)9-11(10-18(3,4)19(17)24)8-14-12(15(20)21)6-5-7-13(14)16(22)23/h5-7,11,24H,8-10H2,1-4H3,(H,20,21)(H,22,23). The first-order chi connectivity index (χ1) is 11.0. The lowest BCUT2D eigenvalue weighted by molar-refractivity contribution is -0.250. The number of rotatable bonds is 4. The fraction of sp³-hybridized carbons (Fsp3) is 0.556. The van der Waals surface area contributed by atoms with Gasteiger partial charge in [0.1, 0.15) is 0 Å². The molecule has 24 heavy (non-hydrogen) atoms. The van der Waals surface area contributed by atoms with E-state index in [1.807, 2.05) is 27.7 Å². The minimum absolute atomic E-state index is 0.0388. The Morgan fingerprint density at radius 2 is 1.46 bits per heavy atom. The van der Waals surface area contributed by atoms with Crippen LogP contribution in [0.2, 0.25) is 0 Å². The van der Waals surface area contributed by atoms with Crippen molar-refractivity contribution in [2.45, 2.75) is 58.0 Å². The molecule has 0 atom stereocenters. The molecule has 1 aliphatic heterocycles. The Balaban J connectivity index is 2.41. The molecule has 0 aromatic heterocycles. The van der Waals surface area contributed by atoms with E-state index in [1.54, 1.807) is 0 Å². The van der Waals surface area contributed by atoms with Crippen LogP contribution < -0.4 is 0 Å². The Bertz CT molecular complexity index is 615. The van der Waals surface area contributed by atoms with Crippen LogP contribution in [0.3, 0.4) is 0 Å². The van der Waals surface area contributed by atoms with Crippen molar-refractivity contribution in [3.8, 4) is 0 Å². The molecule has 0 aliphatic carbocycles. The van der Waals surface area contributed by atoms with Gasteiger partial charge < -0.3 is 15.4 Å². The van der Waals surface area contributed by atoms with Gasteiger partial charge in [-0.05, 0) is 70.6 Å². The van der Waals surface area contributed by atoms with Gasteiger partial charge in [-0.1, -0.05) is 6.07 Å². The number of nitrogens with zero attached hydrogens (tertiary/aromatic N) is 1. The smallest absolute Gasteiger partial charge is 0.335 e. The van der Waals surface area contributed by atoms with Crippen molar-refractivity contribution in [2.24, 2.45) is 5.92 Å². The maximum atomic E-state index is 11.5. The van der Waals surface area contributed by atoms with Crippen LogP contribution in [0.5, 0.6) is 0 Å². The molecule has 1 saturated heterocycles. The first-order valence-corrected chi connectivity index (χ1v) is 8.03. The number of aromatic carboxylic acids is 2. The molecule has 6 nitrogen and oxygen atoms in total. The Morgan fingerprint density at radius 1 is 1.04 bits per heavy atom. The summed E-state index contributed by atoms with van der Waals surface area (Å²) in [6, 6.07) is 4.35. The van der Waals surface area contributed by atoms with Crippen LogP contribution in [0.15, 0.2) is 18.2 Å². The van der Waals surface area contributed by atoms with Gasteiger partial charge in [0.2, 0.25) is 0 Å². The molecule has 0 radical (unpaired) electrons. The van der Waals surface area contributed by atoms with Gasteiger partial charge in [-0.3, -0.25) is 0 Å². The summed E-state index contributed by atoms with van der Waals surface area (Å²) in [5.74, 6) is -2.16. The molecular weight excluding hydrogens is 310 g/mol. The van der Waals surface area contributed by atoms with Crippen molar-refractivity contribution in [1.82, 2.24) is 5.06 Å². The first-order valence-electron chi connectivity index (χ1n) is 8.03. The van der Waals surface area contributed by atoms with Crippen molar-refractivity contribution in [3.05, 3.63) is 34.9 Å². The van der Waals surface area contributed by atoms with E-state index in [0.717, 1.165) is 0 Å². The predicted octanol–water partition coefficient (Wildman–Crippen LogP) is 3.28. The van der Waals surface area contributed by atoms with Crippen LogP contribution in [-0.4, -0.2) is 43.5 Å². The number of carboxylic acids is 2. The third-order valence-corrected chi connectivity index (χ3v) is 4.85. The zero-order valence-electron chi connectivity index (χ0n) is 14.5. The molecule has 6 heteroatoms. The van der Waals surface area contributed by atoms with E-state index < -0.39 is 23.0 Å². The van der Waals surface area contributed by atoms with Gasteiger partial charge in [-0.15, -0.1) is 0 Å². The number of hydroxylamine groups is 2. The summed E-state index contributed by atoms with van der Waals surface area (Å²) in [5, 5.41) is 30.6. The molecule has 1 aromatic rings. The summed E-state index contributed by atoms with van der Waals surface area (Å²) in [6.07, 6.45) is 1.67. The Hall–Kier alpha value is -1.92. The van der Waals surface area contributed by atoms with Crippen molar-refractivity contribution in [3.63, 3.8) is 0 Å². The highest BCUT2D eigenvalue weighted by Crippen LogP contribution is 2.41. The van der Waals surface area contributed by atoms with Gasteiger partial charge in [0.05, 0.1) is 11.1 Å². The maximum Gasteiger partial charge on any atom is 0.335 e. The highest BCUT2D eigenvalue weighted by atomic mass is 16.5. The molecule has 1 fully saturated rings. The minimum Gasteiger partial charge on any atom is -0.478 e. The molecule has 2 rings (SSSR count). The van der Waals surface area contributed by atoms with E-state index in [0.29, 0.717) is 24.8 Å². The fourth-order valence-electron chi connectivity index (χ4n) is 4.12.